The third-order valence-corrected chi connectivity index (χ3v) is 3.12. The molecule has 90 valence electrons. The van der Waals surface area contributed by atoms with Crippen molar-refractivity contribution in [2.75, 3.05) is 13.2 Å². The van der Waals surface area contributed by atoms with Crippen molar-refractivity contribution in [3.63, 3.8) is 0 Å². The number of ether oxygens (including phenoxy) is 1. The molecule has 0 aromatic heterocycles. The highest BCUT2D eigenvalue weighted by atomic mass is 19.1. The molecule has 1 aliphatic heterocycles. The van der Waals surface area contributed by atoms with Crippen LogP contribution in [0.2, 0.25) is 0 Å². The number of rotatable bonds is 3. The third kappa shape index (κ3) is 2.99. The summed E-state index contributed by atoms with van der Waals surface area (Å²) < 4.78 is 18.1. The van der Waals surface area contributed by atoms with E-state index in [1.807, 2.05) is 0 Å². The molecule has 1 unspecified atom stereocenters. The summed E-state index contributed by atoms with van der Waals surface area (Å²) in [6, 6.07) is 5.91. The molecule has 1 atom stereocenters. The van der Waals surface area contributed by atoms with E-state index in [1.165, 1.54) is 12.1 Å². The van der Waals surface area contributed by atoms with Gasteiger partial charge in [0.1, 0.15) is 5.82 Å². The van der Waals surface area contributed by atoms with Gasteiger partial charge in [-0.15, -0.1) is 0 Å². The van der Waals surface area contributed by atoms with Gasteiger partial charge in [0.05, 0.1) is 6.04 Å². The zero-order valence-corrected chi connectivity index (χ0v) is 9.43. The number of carbonyl (C=O) groups excluding carboxylic acids is 1. The molecule has 1 aliphatic rings. The van der Waals surface area contributed by atoms with Gasteiger partial charge in [0.2, 0.25) is 6.08 Å². The molecule has 1 fully saturated rings. The van der Waals surface area contributed by atoms with Crippen LogP contribution in [-0.4, -0.2) is 19.3 Å². The lowest BCUT2D eigenvalue weighted by Crippen LogP contribution is -2.21. The van der Waals surface area contributed by atoms with Crippen molar-refractivity contribution in [3.05, 3.63) is 35.6 Å². The van der Waals surface area contributed by atoms with Crippen molar-refractivity contribution < 1.29 is 13.9 Å². The van der Waals surface area contributed by atoms with Crippen LogP contribution < -0.4 is 0 Å². The summed E-state index contributed by atoms with van der Waals surface area (Å²) >= 11 is 0. The van der Waals surface area contributed by atoms with E-state index in [4.69, 9.17) is 4.74 Å². The Balaban J connectivity index is 2.21. The summed E-state index contributed by atoms with van der Waals surface area (Å²) in [7, 11) is 0. The molecule has 0 spiro atoms. The number of halogens is 1. The van der Waals surface area contributed by atoms with Gasteiger partial charge in [-0.25, -0.2) is 9.18 Å². The normalized spacial score (nSPS) is 18.4. The van der Waals surface area contributed by atoms with E-state index >= 15 is 0 Å². The maximum Gasteiger partial charge on any atom is 0.235 e. The molecule has 0 aliphatic carbocycles. The summed E-state index contributed by atoms with van der Waals surface area (Å²) in [5.41, 5.74) is 0.863. The van der Waals surface area contributed by atoms with E-state index in [1.54, 1.807) is 18.2 Å². The van der Waals surface area contributed by atoms with Crippen molar-refractivity contribution in [2.24, 2.45) is 10.9 Å². The van der Waals surface area contributed by atoms with Crippen LogP contribution >= 0.6 is 0 Å². The van der Waals surface area contributed by atoms with Gasteiger partial charge in [-0.05, 0) is 36.5 Å². The van der Waals surface area contributed by atoms with E-state index in [9.17, 15) is 9.18 Å². The van der Waals surface area contributed by atoms with Crippen LogP contribution in [0.4, 0.5) is 4.39 Å². The molecule has 1 aromatic rings. The second-order valence-corrected chi connectivity index (χ2v) is 4.17. The van der Waals surface area contributed by atoms with Crippen LogP contribution in [0, 0.1) is 11.7 Å². The van der Waals surface area contributed by atoms with Crippen LogP contribution in [0.25, 0.3) is 0 Å². The average molecular weight is 235 g/mol. The van der Waals surface area contributed by atoms with Crippen molar-refractivity contribution in [2.45, 2.75) is 18.9 Å². The van der Waals surface area contributed by atoms with Crippen molar-refractivity contribution in [1.29, 1.82) is 0 Å². The maximum absolute atomic E-state index is 12.9. The van der Waals surface area contributed by atoms with Crippen molar-refractivity contribution >= 4 is 6.08 Å². The molecule has 1 aromatic carbocycles. The first kappa shape index (κ1) is 12.0. The first-order valence-corrected chi connectivity index (χ1v) is 5.71. The quantitative estimate of drug-likeness (QED) is 0.596. The zero-order valence-electron chi connectivity index (χ0n) is 9.43. The Hall–Kier alpha value is -1.51. The summed E-state index contributed by atoms with van der Waals surface area (Å²) in [6.45, 7) is 1.38. The van der Waals surface area contributed by atoms with Gasteiger partial charge < -0.3 is 4.74 Å². The fraction of sp³-hybridized carbons (Fsp3) is 0.462. The Bertz CT molecular complexity index is 406. The fourth-order valence-corrected chi connectivity index (χ4v) is 2.20. The van der Waals surface area contributed by atoms with Gasteiger partial charge in [-0.1, -0.05) is 12.1 Å². The van der Waals surface area contributed by atoms with E-state index in [0.29, 0.717) is 13.2 Å². The average Bonchev–Trinajstić information content (AvgIpc) is 2.38. The van der Waals surface area contributed by atoms with Gasteiger partial charge in [-0.3, -0.25) is 0 Å². The molecule has 1 saturated heterocycles. The minimum atomic E-state index is -0.283. The molecule has 4 heteroatoms. The van der Waals surface area contributed by atoms with Crippen molar-refractivity contribution in [1.82, 2.24) is 0 Å². The van der Waals surface area contributed by atoms with Gasteiger partial charge in [-0.2, -0.15) is 4.99 Å². The van der Waals surface area contributed by atoms with E-state index in [2.05, 4.69) is 4.99 Å². The summed E-state index contributed by atoms with van der Waals surface area (Å²) in [4.78, 5) is 14.4. The summed E-state index contributed by atoms with van der Waals surface area (Å²) in [5, 5.41) is 0. The SMILES string of the molecule is O=C=NC(c1ccc(F)cc1)C1CCOCC1. The Morgan fingerprint density at radius 2 is 1.94 bits per heavy atom. The first-order chi connectivity index (χ1) is 8.31. The number of benzene rings is 1. The number of nitrogens with zero attached hydrogens (tertiary/aromatic N) is 1. The molecule has 0 saturated carbocycles. The van der Waals surface area contributed by atoms with Crippen LogP contribution in [0.1, 0.15) is 24.4 Å². The van der Waals surface area contributed by atoms with E-state index < -0.39 is 0 Å². The number of isocyanates is 1. The van der Waals surface area contributed by atoms with Crippen LogP contribution in [0.3, 0.4) is 0 Å². The molecule has 0 amide bonds. The molecule has 2 rings (SSSR count). The highest BCUT2D eigenvalue weighted by Gasteiger charge is 2.25. The maximum atomic E-state index is 12.9. The lowest BCUT2D eigenvalue weighted by atomic mass is 9.87. The summed E-state index contributed by atoms with van der Waals surface area (Å²) in [5.74, 6) is -0.00905. The number of hydrogen-bond donors (Lipinski definition) is 0. The van der Waals surface area contributed by atoms with Crippen molar-refractivity contribution in [3.8, 4) is 0 Å². The first-order valence-electron chi connectivity index (χ1n) is 5.71. The van der Waals surface area contributed by atoms with E-state index in [-0.39, 0.29) is 17.8 Å². The largest absolute Gasteiger partial charge is 0.381 e. The predicted octanol–water partition coefficient (Wildman–Crippen LogP) is 2.63. The Morgan fingerprint density at radius 3 is 2.53 bits per heavy atom. The topological polar surface area (TPSA) is 38.7 Å². The molecule has 0 radical (unpaired) electrons. The van der Waals surface area contributed by atoms with Gasteiger partial charge >= 0.3 is 0 Å². The molecule has 0 N–H and O–H groups in total. The lowest BCUT2D eigenvalue weighted by molar-refractivity contribution is 0.0586. The predicted molar refractivity (Wildman–Crippen MR) is 60.8 cm³/mol. The second-order valence-electron chi connectivity index (χ2n) is 4.17. The Kier molecular flexibility index (Phi) is 4.02. The molecular formula is C13H14FNO2. The molecule has 0 bridgehead atoms. The molecule has 1 heterocycles. The smallest absolute Gasteiger partial charge is 0.235 e. The second kappa shape index (κ2) is 5.71. The highest BCUT2D eigenvalue weighted by molar-refractivity contribution is 5.36. The van der Waals surface area contributed by atoms with Gasteiger partial charge in [0.25, 0.3) is 0 Å². The summed E-state index contributed by atoms with van der Waals surface area (Å²) in [6.07, 6.45) is 3.36. The molecule has 3 nitrogen and oxygen atoms in total. The van der Waals surface area contributed by atoms with Crippen LogP contribution in [0.5, 0.6) is 0 Å². The minimum Gasteiger partial charge on any atom is -0.381 e. The molecule has 17 heavy (non-hydrogen) atoms. The zero-order chi connectivity index (χ0) is 12.1. The number of aliphatic imine (C=N–C) groups is 1. The minimum absolute atomic E-state index is 0.225. The molecular weight excluding hydrogens is 221 g/mol. The monoisotopic (exact) mass is 235 g/mol. The Labute approximate surface area is 99.3 Å². The number of hydrogen-bond acceptors (Lipinski definition) is 3. The van der Waals surface area contributed by atoms with Gasteiger partial charge in [0, 0.05) is 13.2 Å². The third-order valence-electron chi connectivity index (χ3n) is 3.12. The van der Waals surface area contributed by atoms with Gasteiger partial charge in [0.15, 0.2) is 0 Å². The van der Waals surface area contributed by atoms with E-state index in [0.717, 1.165) is 18.4 Å². The standard InChI is InChI=1S/C13H14FNO2/c14-12-3-1-10(2-4-12)13(15-9-16)11-5-7-17-8-6-11/h1-4,11,13H,5-8H2. The van der Waals surface area contributed by atoms with Crippen LogP contribution in [0.15, 0.2) is 29.3 Å². The van der Waals surface area contributed by atoms with Crippen LogP contribution in [-0.2, 0) is 9.53 Å². The highest BCUT2D eigenvalue weighted by Crippen LogP contribution is 2.32. The Morgan fingerprint density at radius 1 is 1.29 bits per heavy atom. The lowest BCUT2D eigenvalue weighted by Gasteiger charge is -2.27. The fourth-order valence-electron chi connectivity index (χ4n) is 2.20.